The van der Waals surface area contributed by atoms with Crippen molar-refractivity contribution in [3.63, 3.8) is 0 Å². The summed E-state index contributed by atoms with van der Waals surface area (Å²) < 4.78 is 10.9. The van der Waals surface area contributed by atoms with Crippen molar-refractivity contribution in [1.82, 2.24) is 5.32 Å². The van der Waals surface area contributed by atoms with E-state index in [1.807, 2.05) is 25.1 Å². The predicted octanol–water partition coefficient (Wildman–Crippen LogP) is 1.57. The maximum Gasteiger partial charge on any atom is 0.165 e. The van der Waals surface area contributed by atoms with Crippen molar-refractivity contribution in [2.24, 2.45) is 0 Å². The Morgan fingerprint density at radius 1 is 1.35 bits per heavy atom. The highest BCUT2D eigenvalue weighted by Gasteiger charge is 2.08. The molecule has 4 nitrogen and oxygen atoms in total. The van der Waals surface area contributed by atoms with Crippen molar-refractivity contribution in [2.75, 3.05) is 26.9 Å². The van der Waals surface area contributed by atoms with Gasteiger partial charge in [0.1, 0.15) is 0 Å². The minimum absolute atomic E-state index is 0.211. The third kappa shape index (κ3) is 4.24. The van der Waals surface area contributed by atoms with Crippen LogP contribution in [0.1, 0.15) is 18.9 Å². The van der Waals surface area contributed by atoms with Gasteiger partial charge in [-0.15, -0.1) is 0 Å². The van der Waals surface area contributed by atoms with Crippen LogP contribution in [0.3, 0.4) is 0 Å². The van der Waals surface area contributed by atoms with Gasteiger partial charge < -0.3 is 19.9 Å². The number of ether oxygens (including phenoxy) is 2. The summed E-state index contributed by atoms with van der Waals surface area (Å²) in [4.78, 5) is 0. The first-order valence-corrected chi connectivity index (χ1v) is 5.93. The summed E-state index contributed by atoms with van der Waals surface area (Å²) in [5, 5.41) is 11.9. The van der Waals surface area contributed by atoms with Crippen molar-refractivity contribution in [3.05, 3.63) is 23.8 Å². The number of methoxy groups -OCH3 is 1. The number of para-hydroxylation sites is 1. The lowest BCUT2D eigenvalue weighted by Gasteiger charge is -2.14. The molecule has 1 rings (SSSR count). The molecule has 2 N–H and O–H groups in total. The molecule has 0 aliphatic rings. The van der Waals surface area contributed by atoms with E-state index in [0.717, 1.165) is 30.0 Å². The zero-order chi connectivity index (χ0) is 12.5. The molecule has 0 bridgehead atoms. The third-order valence-electron chi connectivity index (χ3n) is 2.39. The van der Waals surface area contributed by atoms with Gasteiger partial charge in [0.25, 0.3) is 0 Å². The zero-order valence-corrected chi connectivity index (χ0v) is 10.5. The highest BCUT2D eigenvalue weighted by molar-refractivity contribution is 5.46. The van der Waals surface area contributed by atoms with Crippen LogP contribution in [-0.4, -0.2) is 32.0 Å². The Kier molecular flexibility index (Phi) is 6.43. The van der Waals surface area contributed by atoms with Crippen molar-refractivity contribution in [2.45, 2.75) is 19.9 Å². The molecular formula is C13H21NO3. The Balaban J connectivity index is 2.66. The maximum absolute atomic E-state index is 8.69. The number of aliphatic hydroxyl groups is 1. The monoisotopic (exact) mass is 239 g/mol. The zero-order valence-electron chi connectivity index (χ0n) is 10.5. The van der Waals surface area contributed by atoms with Crippen LogP contribution in [0.4, 0.5) is 0 Å². The van der Waals surface area contributed by atoms with Gasteiger partial charge in [-0.1, -0.05) is 12.1 Å². The fourth-order valence-electron chi connectivity index (χ4n) is 1.63. The molecule has 1 aromatic carbocycles. The number of nitrogens with one attached hydrogen (secondary N) is 1. The van der Waals surface area contributed by atoms with E-state index in [4.69, 9.17) is 14.6 Å². The van der Waals surface area contributed by atoms with Crippen LogP contribution in [0.15, 0.2) is 18.2 Å². The lowest BCUT2D eigenvalue weighted by atomic mass is 10.2. The molecule has 1 aromatic rings. The SMILES string of the molecule is CCOc1cccc(CNCCCO)c1OC. The predicted molar refractivity (Wildman–Crippen MR) is 67.6 cm³/mol. The average molecular weight is 239 g/mol. The molecule has 0 spiro atoms. The fraction of sp³-hybridized carbons (Fsp3) is 0.538. The summed E-state index contributed by atoms with van der Waals surface area (Å²) in [5.41, 5.74) is 1.07. The summed E-state index contributed by atoms with van der Waals surface area (Å²) in [7, 11) is 1.65. The van der Waals surface area contributed by atoms with Gasteiger partial charge in [-0.25, -0.2) is 0 Å². The molecule has 0 amide bonds. The lowest BCUT2D eigenvalue weighted by molar-refractivity contribution is 0.285. The molecule has 0 radical (unpaired) electrons. The third-order valence-corrected chi connectivity index (χ3v) is 2.39. The highest BCUT2D eigenvalue weighted by Crippen LogP contribution is 2.30. The van der Waals surface area contributed by atoms with E-state index in [9.17, 15) is 0 Å². The Bertz CT molecular complexity index is 328. The summed E-state index contributed by atoms with van der Waals surface area (Å²) in [6.07, 6.45) is 0.757. The highest BCUT2D eigenvalue weighted by atomic mass is 16.5. The number of hydrogen-bond donors (Lipinski definition) is 2. The summed E-state index contributed by atoms with van der Waals surface area (Å²) >= 11 is 0. The molecular weight excluding hydrogens is 218 g/mol. The molecule has 0 aromatic heterocycles. The van der Waals surface area contributed by atoms with Gasteiger partial charge in [-0.05, 0) is 26.0 Å². The van der Waals surface area contributed by atoms with Gasteiger partial charge in [-0.3, -0.25) is 0 Å². The molecule has 17 heavy (non-hydrogen) atoms. The van der Waals surface area contributed by atoms with E-state index < -0.39 is 0 Å². The second kappa shape index (κ2) is 7.92. The van der Waals surface area contributed by atoms with Crippen LogP contribution >= 0.6 is 0 Å². The average Bonchev–Trinajstić information content (AvgIpc) is 2.35. The van der Waals surface area contributed by atoms with E-state index >= 15 is 0 Å². The van der Waals surface area contributed by atoms with E-state index in [2.05, 4.69) is 5.32 Å². The normalized spacial score (nSPS) is 10.3. The minimum Gasteiger partial charge on any atom is -0.493 e. The van der Waals surface area contributed by atoms with E-state index in [1.54, 1.807) is 7.11 Å². The van der Waals surface area contributed by atoms with Crippen LogP contribution in [0.5, 0.6) is 11.5 Å². The standard InChI is InChI=1S/C13H21NO3/c1-3-17-12-7-4-6-11(13(12)16-2)10-14-8-5-9-15/h4,6-7,14-15H,3,5,8-10H2,1-2H3. The number of rotatable bonds is 8. The second-order valence-electron chi connectivity index (χ2n) is 3.64. The topological polar surface area (TPSA) is 50.7 Å². The number of benzene rings is 1. The van der Waals surface area contributed by atoms with E-state index in [-0.39, 0.29) is 6.61 Å². The molecule has 0 aliphatic carbocycles. The Morgan fingerprint density at radius 2 is 2.18 bits per heavy atom. The quantitative estimate of drug-likeness (QED) is 0.676. The van der Waals surface area contributed by atoms with Crippen LogP contribution in [0, 0.1) is 0 Å². The summed E-state index contributed by atoms with van der Waals surface area (Å²) in [6, 6.07) is 5.86. The van der Waals surface area contributed by atoms with Gasteiger partial charge in [0.2, 0.25) is 0 Å². The molecule has 0 saturated heterocycles. The smallest absolute Gasteiger partial charge is 0.165 e. The van der Waals surface area contributed by atoms with Crippen LogP contribution in [0.2, 0.25) is 0 Å². The molecule has 4 heteroatoms. The van der Waals surface area contributed by atoms with Crippen LogP contribution in [0.25, 0.3) is 0 Å². The molecule has 0 saturated carbocycles. The first-order chi connectivity index (χ1) is 8.33. The molecule has 0 unspecified atom stereocenters. The van der Waals surface area contributed by atoms with E-state index in [0.29, 0.717) is 13.2 Å². The Morgan fingerprint density at radius 3 is 2.82 bits per heavy atom. The van der Waals surface area contributed by atoms with Crippen LogP contribution < -0.4 is 14.8 Å². The Hall–Kier alpha value is -1.26. The fourth-order valence-corrected chi connectivity index (χ4v) is 1.63. The molecule has 0 fully saturated rings. The number of aliphatic hydroxyl groups excluding tert-OH is 1. The lowest BCUT2D eigenvalue weighted by Crippen LogP contribution is -2.16. The molecule has 0 heterocycles. The van der Waals surface area contributed by atoms with Crippen molar-refractivity contribution >= 4 is 0 Å². The van der Waals surface area contributed by atoms with Gasteiger partial charge >= 0.3 is 0 Å². The van der Waals surface area contributed by atoms with Crippen LogP contribution in [-0.2, 0) is 6.54 Å². The van der Waals surface area contributed by atoms with Crippen molar-refractivity contribution in [3.8, 4) is 11.5 Å². The van der Waals surface area contributed by atoms with E-state index in [1.165, 1.54) is 0 Å². The molecule has 0 atom stereocenters. The first kappa shape index (κ1) is 13.8. The largest absolute Gasteiger partial charge is 0.493 e. The Labute approximate surface area is 103 Å². The van der Waals surface area contributed by atoms with Gasteiger partial charge in [0.15, 0.2) is 11.5 Å². The summed E-state index contributed by atoms with van der Waals surface area (Å²) in [5.74, 6) is 1.56. The summed E-state index contributed by atoms with van der Waals surface area (Å²) in [6.45, 7) is 4.29. The maximum atomic E-state index is 8.69. The van der Waals surface area contributed by atoms with Gasteiger partial charge in [0, 0.05) is 18.7 Å². The van der Waals surface area contributed by atoms with Crippen molar-refractivity contribution in [1.29, 1.82) is 0 Å². The van der Waals surface area contributed by atoms with Crippen molar-refractivity contribution < 1.29 is 14.6 Å². The molecule has 96 valence electrons. The second-order valence-corrected chi connectivity index (χ2v) is 3.64. The van der Waals surface area contributed by atoms with Gasteiger partial charge in [-0.2, -0.15) is 0 Å². The van der Waals surface area contributed by atoms with Gasteiger partial charge in [0.05, 0.1) is 13.7 Å². The number of hydrogen-bond acceptors (Lipinski definition) is 4. The minimum atomic E-state index is 0.211. The first-order valence-electron chi connectivity index (χ1n) is 5.93. The molecule has 0 aliphatic heterocycles.